The number of rotatable bonds is 5. The van der Waals surface area contributed by atoms with E-state index < -0.39 is 5.60 Å². The summed E-state index contributed by atoms with van der Waals surface area (Å²) in [6.07, 6.45) is 3.30. The first-order chi connectivity index (χ1) is 16.7. The molecule has 4 rings (SSSR count). The van der Waals surface area contributed by atoms with Gasteiger partial charge in [0.2, 0.25) is 5.95 Å². The second-order valence-corrected chi connectivity index (χ2v) is 9.42. The molecule has 0 saturated carbocycles. The maximum Gasteiger partial charge on any atom is 0.410 e. The van der Waals surface area contributed by atoms with Crippen molar-refractivity contribution in [3.63, 3.8) is 0 Å². The van der Waals surface area contributed by atoms with Crippen LogP contribution in [-0.2, 0) is 4.74 Å². The molecule has 3 heterocycles. The first-order valence-corrected chi connectivity index (χ1v) is 11.5. The lowest BCUT2D eigenvalue weighted by molar-refractivity contribution is 0.0275. The Bertz CT molecular complexity index is 1270. The molecule has 1 fully saturated rings. The molecule has 1 saturated heterocycles. The zero-order valence-corrected chi connectivity index (χ0v) is 20.4. The highest BCUT2D eigenvalue weighted by Crippen LogP contribution is 2.28. The number of hydrogen-bond acceptors (Lipinski definition) is 8. The number of likely N-dealkylation sites (tertiary alicyclic amines) is 1. The van der Waals surface area contributed by atoms with E-state index in [-0.39, 0.29) is 12.2 Å². The standard InChI is InChI=1S/C25H25ClN6O3/c1-25(2,3)35-24(33)32-11-8-19(15-32)34-21-5-4-16(12-17(21)14-27)20-7-10-29-23(31-20)30-18-6-9-28-22(26)13-18/h4-7,9-10,12-13,19H,8,11,15H2,1-3H3,(H,28,29,30,31)/t19-/m1/s1. The number of nitrogens with zero attached hydrogens (tertiary/aromatic N) is 5. The van der Waals surface area contributed by atoms with Crippen LogP contribution in [0.25, 0.3) is 11.3 Å². The van der Waals surface area contributed by atoms with Gasteiger partial charge in [0.25, 0.3) is 0 Å². The lowest BCUT2D eigenvalue weighted by Gasteiger charge is -2.24. The van der Waals surface area contributed by atoms with Gasteiger partial charge in [0, 0.05) is 36.6 Å². The van der Waals surface area contributed by atoms with Crippen molar-refractivity contribution in [2.75, 3.05) is 18.4 Å². The van der Waals surface area contributed by atoms with Crippen LogP contribution in [0.5, 0.6) is 5.75 Å². The van der Waals surface area contributed by atoms with Gasteiger partial charge in [-0.2, -0.15) is 5.26 Å². The highest BCUT2D eigenvalue weighted by Gasteiger charge is 2.31. The highest BCUT2D eigenvalue weighted by atomic mass is 35.5. The fourth-order valence-corrected chi connectivity index (χ4v) is 3.74. The van der Waals surface area contributed by atoms with E-state index in [1.54, 1.807) is 47.6 Å². The average molecular weight is 493 g/mol. The number of benzene rings is 1. The Balaban J connectivity index is 1.46. The van der Waals surface area contributed by atoms with Crippen molar-refractivity contribution in [1.82, 2.24) is 19.9 Å². The van der Waals surface area contributed by atoms with Gasteiger partial charge >= 0.3 is 6.09 Å². The Hall–Kier alpha value is -3.90. The van der Waals surface area contributed by atoms with Gasteiger partial charge in [-0.25, -0.2) is 19.7 Å². The Morgan fingerprint density at radius 1 is 1.20 bits per heavy atom. The van der Waals surface area contributed by atoms with Crippen LogP contribution < -0.4 is 10.1 Å². The van der Waals surface area contributed by atoms with E-state index >= 15 is 0 Å². The van der Waals surface area contributed by atoms with E-state index in [1.165, 1.54) is 0 Å². The minimum Gasteiger partial charge on any atom is -0.487 e. The van der Waals surface area contributed by atoms with Crippen LogP contribution >= 0.6 is 11.6 Å². The molecule has 1 N–H and O–H groups in total. The number of halogens is 1. The predicted molar refractivity (Wildman–Crippen MR) is 132 cm³/mol. The minimum atomic E-state index is -0.554. The first kappa shape index (κ1) is 24.2. The number of anilines is 2. The van der Waals surface area contributed by atoms with Gasteiger partial charge in [0.05, 0.1) is 17.8 Å². The summed E-state index contributed by atoms with van der Waals surface area (Å²) in [7, 11) is 0. The number of pyridine rings is 1. The number of nitrogens with one attached hydrogen (secondary N) is 1. The Morgan fingerprint density at radius 3 is 2.74 bits per heavy atom. The lowest BCUT2D eigenvalue weighted by Crippen LogP contribution is -2.36. The number of aromatic nitrogens is 3. The van der Waals surface area contributed by atoms with Gasteiger partial charge in [-0.3, -0.25) is 0 Å². The van der Waals surface area contributed by atoms with Crippen molar-refractivity contribution in [1.29, 1.82) is 5.26 Å². The fraction of sp³-hybridized carbons (Fsp3) is 0.320. The molecule has 10 heteroatoms. The van der Waals surface area contributed by atoms with Gasteiger partial charge in [0.15, 0.2) is 0 Å². The number of carbonyl (C=O) groups excluding carboxylic acids is 1. The van der Waals surface area contributed by atoms with Crippen molar-refractivity contribution in [3.05, 3.63) is 59.5 Å². The largest absolute Gasteiger partial charge is 0.487 e. The van der Waals surface area contributed by atoms with Crippen molar-refractivity contribution in [3.8, 4) is 23.1 Å². The van der Waals surface area contributed by atoms with Crippen molar-refractivity contribution < 1.29 is 14.3 Å². The Labute approximate surface area is 208 Å². The third-order valence-corrected chi connectivity index (χ3v) is 5.33. The summed E-state index contributed by atoms with van der Waals surface area (Å²) in [5, 5.41) is 13.2. The van der Waals surface area contributed by atoms with Gasteiger partial charge in [-0.05, 0) is 57.2 Å². The zero-order chi connectivity index (χ0) is 25.0. The van der Waals surface area contributed by atoms with E-state index in [1.807, 2.05) is 26.8 Å². The minimum absolute atomic E-state index is 0.220. The fourth-order valence-electron chi connectivity index (χ4n) is 3.56. The van der Waals surface area contributed by atoms with Gasteiger partial charge in [-0.15, -0.1) is 0 Å². The molecule has 0 spiro atoms. The van der Waals surface area contributed by atoms with E-state index in [2.05, 4.69) is 26.3 Å². The second kappa shape index (κ2) is 10.2. The summed E-state index contributed by atoms with van der Waals surface area (Å²) in [6.45, 7) is 6.45. The van der Waals surface area contributed by atoms with Gasteiger partial charge in [0.1, 0.15) is 28.7 Å². The molecule has 35 heavy (non-hydrogen) atoms. The van der Waals surface area contributed by atoms with Crippen LogP contribution in [0.3, 0.4) is 0 Å². The van der Waals surface area contributed by atoms with Crippen LogP contribution in [0.2, 0.25) is 5.15 Å². The summed E-state index contributed by atoms with van der Waals surface area (Å²) in [4.78, 5) is 26.7. The SMILES string of the molecule is CC(C)(C)OC(=O)N1CC[C@@H](Oc2ccc(-c3ccnc(Nc4ccnc(Cl)c4)n3)cc2C#N)C1. The molecular formula is C25H25ClN6O3. The van der Waals surface area contributed by atoms with Crippen molar-refractivity contribution in [2.45, 2.75) is 38.9 Å². The van der Waals surface area contributed by atoms with Crippen LogP contribution in [0.15, 0.2) is 48.8 Å². The highest BCUT2D eigenvalue weighted by molar-refractivity contribution is 6.29. The molecule has 9 nitrogen and oxygen atoms in total. The smallest absolute Gasteiger partial charge is 0.410 e. The van der Waals surface area contributed by atoms with Crippen LogP contribution in [0.1, 0.15) is 32.8 Å². The third-order valence-electron chi connectivity index (χ3n) is 5.12. The molecule has 0 radical (unpaired) electrons. The number of ether oxygens (including phenoxy) is 2. The molecule has 0 aliphatic carbocycles. The quantitative estimate of drug-likeness (QED) is 0.484. The Kier molecular flexibility index (Phi) is 7.03. The number of nitriles is 1. The van der Waals surface area contributed by atoms with E-state index in [0.717, 1.165) is 5.56 Å². The van der Waals surface area contributed by atoms with Crippen molar-refractivity contribution in [2.24, 2.45) is 0 Å². The number of carbonyl (C=O) groups is 1. The number of hydrogen-bond donors (Lipinski definition) is 1. The molecule has 2 aromatic heterocycles. The zero-order valence-electron chi connectivity index (χ0n) is 19.7. The van der Waals surface area contributed by atoms with E-state index in [4.69, 9.17) is 21.1 Å². The Morgan fingerprint density at radius 2 is 2.00 bits per heavy atom. The van der Waals surface area contributed by atoms with Gasteiger partial charge in [-0.1, -0.05) is 11.6 Å². The van der Waals surface area contributed by atoms with E-state index in [0.29, 0.717) is 53.3 Å². The summed E-state index contributed by atoms with van der Waals surface area (Å²) in [5.74, 6) is 0.850. The molecular weight excluding hydrogens is 468 g/mol. The van der Waals surface area contributed by atoms with Crippen LogP contribution in [0, 0.1) is 11.3 Å². The summed E-state index contributed by atoms with van der Waals surface area (Å²) >= 11 is 5.94. The molecule has 3 aromatic rings. The third kappa shape index (κ3) is 6.37. The maximum absolute atomic E-state index is 12.3. The van der Waals surface area contributed by atoms with Crippen LogP contribution in [-0.4, -0.2) is 50.7 Å². The van der Waals surface area contributed by atoms with Crippen molar-refractivity contribution >= 4 is 29.3 Å². The monoisotopic (exact) mass is 492 g/mol. The molecule has 0 unspecified atom stereocenters. The molecule has 180 valence electrons. The first-order valence-electron chi connectivity index (χ1n) is 11.1. The van der Waals surface area contributed by atoms with E-state index in [9.17, 15) is 10.1 Å². The summed E-state index contributed by atoms with van der Waals surface area (Å²) in [6, 6.07) is 12.7. The lowest BCUT2D eigenvalue weighted by atomic mass is 10.1. The molecule has 1 aliphatic heterocycles. The normalized spacial score (nSPS) is 15.4. The molecule has 1 atom stereocenters. The summed E-state index contributed by atoms with van der Waals surface area (Å²) < 4.78 is 11.5. The molecule has 0 bridgehead atoms. The molecule has 1 amide bonds. The topological polar surface area (TPSA) is 113 Å². The molecule has 1 aromatic carbocycles. The van der Waals surface area contributed by atoms with Crippen LogP contribution in [0.4, 0.5) is 16.4 Å². The summed E-state index contributed by atoms with van der Waals surface area (Å²) in [5.41, 5.74) is 1.92. The average Bonchev–Trinajstić information content (AvgIpc) is 3.27. The predicted octanol–water partition coefficient (Wildman–Crippen LogP) is 5.20. The molecule has 1 aliphatic rings. The maximum atomic E-state index is 12.3. The van der Waals surface area contributed by atoms with Gasteiger partial charge < -0.3 is 19.7 Å². The number of amides is 1. The second-order valence-electron chi connectivity index (χ2n) is 9.04.